The van der Waals surface area contributed by atoms with E-state index in [-0.39, 0.29) is 17.4 Å². The summed E-state index contributed by atoms with van der Waals surface area (Å²) in [7, 11) is 0. The van der Waals surface area contributed by atoms with Crippen LogP contribution in [0.5, 0.6) is 0 Å². The van der Waals surface area contributed by atoms with Crippen LogP contribution in [0.15, 0.2) is 30.5 Å². The molecule has 7 nitrogen and oxygen atoms in total. The number of carbonyl (C=O) groups is 1. The maximum atomic E-state index is 11.1. The lowest BCUT2D eigenvalue weighted by molar-refractivity contribution is 0.0697. The summed E-state index contributed by atoms with van der Waals surface area (Å²) in [5, 5.41) is 9.74. The van der Waals surface area contributed by atoms with Crippen LogP contribution in [0.3, 0.4) is 0 Å². The van der Waals surface area contributed by atoms with E-state index in [4.69, 9.17) is 23.0 Å². The second-order valence-electron chi connectivity index (χ2n) is 6.31. The Kier molecular flexibility index (Phi) is 4.90. The number of pyridine rings is 1. The first kappa shape index (κ1) is 18.1. The molecule has 136 valence electrons. The average molecular weight is 361 g/mol. The summed E-state index contributed by atoms with van der Waals surface area (Å²) in [6.07, 6.45) is 8.45. The number of aryl methyl sites for hydroxylation is 1. The number of nitrogens with two attached hydrogens (primary N) is 2. The molecule has 1 atom stereocenters. The Morgan fingerprint density at radius 2 is 1.96 bits per heavy atom. The van der Waals surface area contributed by atoms with Crippen molar-refractivity contribution < 1.29 is 9.90 Å². The van der Waals surface area contributed by atoms with Crippen LogP contribution in [0, 0.1) is 19.3 Å². The molecule has 5 N–H and O–H groups in total. The molecule has 0 aliphatic heterocycles. The van der Waals surface area contributed by atoms with Crippen LogP contribution in [0.2, 0.25) is 0 Å². The van der Waals surface area contributed by atoms with Gasteiger partial charge in [0.05, 0.1) is 10.9 Å². The number of rotatable bonds is 5. The molecule has 1 unspecified atom stereocenters. The maximum absolute atomic E-state index is 11.1. The minimum atomic E-state index is -0.959. The van der Waals surface area contributed by atoms with E-state index in [1.807, 2.05) is 6.92 Å². The van der Waals surface area contributed by atoms with Crippen LogP contribution >= 0.6 is 0 Å². The minimum Gasteiger partial charge on any atom is -0.478 e. The largest absolute Gasteiger partial charge is 0.478 e. The van der Waals surface area contributed by atoms with Gasteiger partial charge in [0.1, 0.15) is 5.82 Å². The third kappa shape index (κ3) is 3.65. The first-order chi connectivity index (χ1) is 12.9. The van der Waals surface area contributed by atoms with E-state index in [1.165, 1.54) is 0 Å². The van der Waals surface area contributed by atoms with Gasteiger partial charge < -0.3 is 16.6 Å². The summed E-state index contributed by atoms with van der Waals surface area (Å²) < 4.78 is 0. The molecule has 3 rings (SSSR count). The highest BCUT2D eigenvalue weighted by atomic mass is 16.4. The molecule has 0 aliphatic carbocycles. The van der Waals surface area contributed by atoms with E-state index in [2.05, 4.69) is 20.9 Å². The van der Waals surface area contributed by atoms with Gasteiger partial charge in [0.25, 0.3) is 0 Å². The minimum absolute atomic E-state index is 0.0201. The molecule has 0 aliphatic rings. The summed E-state index contributed by atoms with van der Waals surface area (Å²) in [5.41, 5.74) is 15.2. The summed E-state index contributed by atoms with van der Waals surface area (Å²) in [5.74, 6) is 2.14. The maximum Gasteiger partial charge on any atom is 0.335 e. The number of anilines is 2. The molecular weight excluding hydrogens is 342 g/mol. The van der Waals surface area contributed by atoms with Gasteiger partial charge in [0.2, 0.25) is 5.95 Å². The molecule has 0 amide bonds. The Bertz CT molecular complexity index is 1050. The molecule has 0 saturated heterocycles. The molecule has 0 fully saturated rings. The van der Waals surface area contributed by atoms with Crippen molar-refractivity contribution in [2.24, 2.45) is 0 Å². The van der Waals surface area contributed by atoms with Crippen LogP contribution in [0.25, 0.3) is 11.0 Å². The number of benzene rings is 1. The zero-order valence-electron chi connectivity index (χ0n) is 14.8. The Labute approximate surface area is 156 Å². The van der Waals surface area contributed by atoms with E-state index in [0.717, 1.165) is 16.7 Å². The van der Waals surface area contributed by atoms with Gasteiger partial charge in [-0.2, -0.15) is 9.97 Å². The van der Waals surface area contributed by atoms with Gasteiger partial charge in [-0.15, -0.1) is 12.3 Å². The smallest absolute Gasteiger partial charge is 0.335 e. The van der Waals surface area contributed by atoms with Crippen molar-refractivity contribution in [2.45, 2.75) is 25.7 Å². The third-order valence-corrected chi connectivity index (χ3v) is 4.59. The van der Waals surface area contributed by atoms with E-state index in [1.54, 1.807) is 30.5 Å². The van der Waals surface area contributed by atoms with Crippen LogP contribution < -0.4 is 11.5 Å². The predicted molar refractivity (Wildman–Crippen MR) is 104 cm³/mol. The Balaban J connectivity index is 1.98. The van der Waals surface area contributed by atoms with Gasteiger partial charge in [0, 0.05) is 12.6 Å². The quantitative estimate of drug-likeness (QED) is 0.596. The van der Waals surface area contributed by atoms with E-state index in [0.29, 0.717) is 29.7 Å². The van der Waals surface area contributed by atoms with Crippen LogP contribution in [0.4, 0.5) is 11.8 Å². The summed E-state index contributed by atoms with van der Waals surface area (Å²) >= 11 is 0. The lowest BCUT2D eigenvalue weighted by Crippen LogP contribution is -2.08. The molecule has 0 bridgehead atoms. The van der Waals surface area contributed by atoms with Crippen molar-refractivity contribution in [3.63, 3.8) is 0 Å². The number of nitrogens with zero attached hydrogens (tertiary/aromatic N) is 3. The monoisotopic (exact) mass is 361 g/mol. The number of terminal acetylenes is 1. The second-order valence-corrected chi connectivity index (χ2v) is 6.31. The Morgan fingerprint density at radius 3 is 2.59 bits per heavy atom. The molecule has 2 aromatic heterocycles. The molecule has 2 heterocycles. The van der Waals surface area contributed by atoms with Gasteiger partial charge >= 0.3 is 5.97 Å². The molecule has 3 aromatic rings. The number of aromatic carboxylic acids is 1. The van der Waals surface area contributed by atoms with E-state index >= 15 is 0 Å². The molecule has 7 heteroatoms. The average Bonchev–Trinajstić information content (AvgIpc) is 2.63. The van der Waals surface area contributed by atoms with Gasteiger partial charge in [-0.1, -0.05) is 12.1 Å². The van der Waals surface area contributed by atoms with Gasteiger partial charge in [-0.05, 0) is 48.1 Å². The summed E-state index contributed by atoms with van der Waals surface area (Å²) in [6.45, 7) is 1.94. The molecule has 0 saturated carbocycles. The molecule has 0 spiro atoms. The topological polar surface area (TPSA) is 128 Å². The van der Waals surface area contributed by atoms with Gasteiger partial charge in [-0.3, -0.25) is 0 Å². The lowest BCUT2D eigenvalue weighted by atomic mass is 9.88. The predicted octanol–water partition coefficient (Wildman–Crippen LogP) is 2.55. The normalized spacial score (nSPS) is 11.9. The number of hydrogen-bond acceptors (Lipinski definition) is 6. The highest BCUT2D eigenvalue weighted by Crippen LogP contribution is 2.29. The summed E-state index contributed by atoms with van der Waals surface area (Å²) in [4.78, 5) is 23.6. The standard InChI is InChI=1S/C20H19N5O2/c1-3-4-14(12-5-7-13(8-6-12)19(26)27)9-15-10-23-18-16(11(15)2)17(21)24-20(22)25-18/h1,5-8,10,14H,4,9H2,2H3,(H,26,27)(H4,21,22,23,24,25). The first-order valence-electron chi connectivity index (χ1n) is 8.34. The highest BCUT2D eigenvalue weighted by molar-refractivity contribution is 5.90. The molecule has 0 radical (unpaired) electrons. The number of carboxylic acid groups (broad SMARTS) is 1. The van der Waals surface area contributed by atoms with Crippen LogP contribution in [-0.4, -0.2) is 26.0 Å². The van der Waals surface area contributed by atoms with Crippen molar-refractivity contribution in [2.75, 3.05) is 11.5 Å². The fourth-order valence-corrected chi connectivity index (χ4v) is 3.15. The van der Waals surface area contributed by atoms with E-state index in [9.17, 15) is 4.79 Å². The molecular formula is C20H19N5O2. The van der Waals surface area contributed by atoms with Crippen molar-refractivity contribution >= 4 is 28.8 Å². The van der Waals surface area contributed by atoms with Crippen LogP contribution in [0.1, 0.15) is 39.4 Å². The highest BCUT2D eigenvalue weighted by Gasteiger charge is 2.17. The number of fused-ring (bicyclic) bond motifs is 1. The number of aromatic nitrogens is 3. The van der Waals surface area contributed by atoms with Gasteiger partial charge in [0.15, 0.2) is 5.65 Å². The molecule has 27 heavy (non-hydrogen) atoms. The fourth-order valence-electron chi connectivity index (χ4n) is 3.15. The van der Waals surface area contributed by atoms with Crippen molar-refractivity contribution in [1.29, 1.82) is 0 Å². The second kappa shape index (κ2) is 7.30. The van der Waals surface area contributed by atoms with Crippen molar-refractivity contribution in [1.82, 2.24) is 15.0 Å². The van der Waals surface area contributed by atoms with Crippen LogP contribution in [-0.2, 0) is 6.42 Å². The SMILES string of the molecule is C#CCC(Cc1cnc2nc(N)nc(N)c2c1C)c1ccc(C(=O)O)cc1. The number of hydrogen-bond donors (Lipinski definition) is 3. The zero-order valence-corrected chi connectivity index (χ0v) is 14.8. The Hall–Kier alpha value is -3.66. The lowest BCUT2D eigenvalue weighted by Gasteiger charge is -2.17. The summed E-state index contributed by atoms with van der Waals surface area (Å²) in [6, 6.07) is 6.77. The number of carboxylic acids is 1. The Morgan fingerprint density at radius 1 is 1.26 bits per heavy atom. The van der Waals surface area contributed by atoms with E-state index < -0.39 is 5.97 Å². The number of nitrogen functional groups attached to an aromatic ring is 2. The van der Waals surface area contributed by atoms with Crippen molar-refractivity contribution in [3.8, 4) is 12.3 Å². The zero-order chi connectivity index (χ0) is 19.6. The van der Waals surface area contributed by atoms with Gasteiger partial charge in [-0.25, -0.2) is 9.78 Å². The third-order valence-electron chi connectivity index (χ3n) is 4.59. The van der Waals surface area contributed by atoms with Crippen molar-refractivity contribution in [3.05, 3.63) is 52.7 Å². The fraction of sp³-hybridized carbons (Fsp3) is 0.200. The molecule has 1 aromatic carbocycles. The first-order valence-corrected chi connectivity index (χ1v) is 8.34.